The number of likely N-dealkylation sites (tertiary alicyclic amines) is 1. The highest BCUT2D eigenvalue weighted by Crippen LogP contribution is 2.14. The predicted molar refractivity (Wildman–Crippen MR) is 83.8 cm³/mol. The Balaban J connectivity index is 2.01. The molecule has 5 nitrogen and oxygen atoms in total. The molecular weight excluding hydrogens is 272 g/mol. The average Bonchev–Trinajstić information content (AvgIpc) is 2.45. The van der Waals surface area contributed by atoms with E-state index in [1.165, 1.54) is 6.42 Å². The molecule has 0 bridgehead atoms. The fourth-order valence-electron chi connectivity index (χ4n) is 2.30. The Hall–Kier alpha value is -1.69. The van der Waals surface area contributed by atoms with Crippen molar-refractivity contribution in [1.82, 2.24) is 9.88 Å². The zero-order valence-electron chi connectivity index (χ0n) is 11.7. The van der Waals surface area contributed by atoms with Gasteiger partial charge in [-0.15, -0.1) is 0 Å². The standard InChI is InChI=1S/C14H20N4OS/c1-10-5-6-11(13(15)20)14(17-10)16-9-12(19)18-7-3-2-4-8-18/h5-6H,2-4,7-9H2,1H3,(H2,15,20)(H,16,17). The quantitative estimate of drug-likeness (QED) is 0.822. The van der Waals surface area contributed by atoms with E-state index in [0.717, 1.165) is 31.6 Å². The molecule has 0 atom stereocenters. The van der Waals surface area contributed by atoms with Crippen molar-refractivity contribution in [2.45, 2.75) is 26.2 Å². The number of nitrogens with one attached hydrogen (secondary N) is 1. The molecule has 2 rings (SSSR count). The van der Waals surface area contributed by atoms with Crippen LogP contribution in [-0.2, 0) is 4.79 Å². The summed E-state index contributed by atoms with van der Waals surface area (Å²) in [7, 11) is 0. The van der Waals surface area contributed by atoms with Gasteiger partial charge in [-0.1, -0.05) is 12.2 Å². The normalized spacial score (nSPS) is 14.9. The molecule has 0 unspecified atom stereocenters. The van der Waals surface area contributed by atoms with Gasteiger partial charge in [0.25, 0.3) is 0 Å². The molecular formula is C14H20N4OS. The van der Waals surface area contributed by atoms with Gasteiger partial charge in [-0.3, -0.25) is 4.79 Å². The molecule has 108 valence electrons. The summed E-state index contributed by atoms with van der Waals surface area (Å²) in [6.07, 6.45) is 3.39. The van der Waals surface area contributed by atoms with Crippen LogP contribution in [0.15, 0.2) is 12.1 Å². The Labute approximate surface area is 124 Å². The molecule has 1 aromatic heterocycles. The van der Waals surface area contributed by atoms with Crippen LogP contribution in [0.2, 0.25) is 0 Å². The molecule has 0 aromatic carbocycles. The van der Waals surface area contributed by atoms with Crippen LogP contribution in [0.25, 0.3) is 0 Å². The van der Waals surface area contributed by atoms with Crippen molar-refractivity contribution < 1.29 is 4.79 Å². The maximum atomic E-state index is 12.1. The molecule has 0 spiro atoms. The first-order valence-electron chi connectivity index (χ1n) is 6.87. The van der Waals surface area contributed by atoms with Crippen molar-refractivity contribution in [2.24, 2.45) is 5.73 Å². The van der Waals surface area contributed by atoms with Crippen molar-refractivity contribution in [3.8, 4) is 0 Å². The fraction of sp³-hybridized carbons (Fsp3) is 0.500. The van der Waals surface area contributed by atoms with Crippen molar-refractivity contribution in [3.63, 3.8) is 0 Å². The number of rotatable bonds is 4. The molecule has 6 heteroatoms. The van der Waals surface area contributed by atoms with Crippen LogP contribution in [0.1, 0.15) is 30.5 Å². The summed E-state index contributed by atoms with van der Waals surface area (Å²) in [5, 5.41) is 3.06. The first-order valence-corrected chi connectivity index (χ1v) is 7.28. The average molecular weight is 292 g/mol. The first kappa shape index (κ1) is 14.7. The van der Waals surface area contributed by atoms with Gasteiger partial charge in [0.15, 0.2) is 0 Å². The number of carbonyl (C=O) groups is 1. The van der Waals surface area contributed by atoms with Gasteiger partial charge in [-0.05, 0) is 38.3 Å². The third-order valence-electron chi connectivity index (χ3n) is 3.42. The van der Waals surface area contributed by atoms with E-state index in [2.05, 4.69) is 10.3 Å². The zero-order valence-corrected chi connectivity index (χ0v) is 12.5. The van der Waals surface area contributed by atoms with E-state index < -0.39 is 0 Å². The van der Waals surface area contributed by atoms with Crippen LogP contribution in [0.5, 0.6) is 0 Å². The number of carbonyl (C=O) groups excluding carboxylic acids is 1. The molecule has 20 heavy (non-hydrogen) atoms. The van der Waals surface area contributed by atoms with Crippen LogP contribution >= 0.6 is 12.2 Å². The molecule has 2 heterocycles. The lowest BCUT2D eigenvalue weighted by atomic mass is 10.1. The number of aryl methyl sites for hydroxylation is 1. The van der Waals surface area contributed by atoms with Crippen molar-refractivity contribution in [2.75, 3.05) is 25.0 Å². The molecule has 1 amide bonds. The van der Waals surface area contributed by atoms with Gasteiger partial charge in [0.1, 0.15) is 10.8 Å². The minimum atomic E-state index is 0.0990. The Morgan fingerprint density at radius 1 is 1.40 bits per heavy atom. The highest BCUT2D eigenvalue weighted by atomic mass is 32.1. The number of aromatic nitrogens is 1. The lowest BCUT2D eigenvalue weighted by Gasteiger charge is -2.27. The number of piperidine rings is 1. The monoisotopic (exact) mass is 292 g/mol. The molecule has 0 radical (unpaired) electrons. The van der Waals surface area contributed by atoms with E-state index in [4.69, 9.17) is 18.0 Å². The van der Waals surface area contributed by atoms with Gasteiger partial charge >= 0.3 is 0 Å². The highest BCUT2D eigenvalue weighted by molar-refractivity contribution is 7.80. The summed E-state index contributed by atoms with van der Waals surface area (Å²) >= 11 is 5.00. The highest BCUT2D eigenvalue weighted by Gasteiger charge is 2.17. The smallest absolute Gasteiger partial charge is 0.241 e. The predicted octanol–water partition coefficient (Wildman–Crippen LogP) is 1.45. The van der Waals surface area contributed by atoms with Crippen LogP contribution < -0.4 is 11.1 Å². The molecule has 1 fully saturated rings. The summed E-state index contributed by atoms with van der Waals surface area (Å²) in [4.78, 5) is 18.6. The van der Waals surface area contributed by atoms with Crippen molar-refractivity contribution in [3.05, 3.63) is 23.4 Å². The number of hydrogen-bond acceptors (Lipinski definition) is 4. The van der Waals surface area contributed by atoms with Crippen molar-refractivity contribution in [1.29, 1.82) is 0 Å². The van der Waals surface area contributed by atoms with Gasteiger partial charge in [-0.25, -0.2) is 4.98 Å². The lowest BCUT2D eigenvalue weighted by molar-refractivity contribution is -0.130. The minimum Gasteiger partial charge on any atom is -0.389 e. The second-order valence-corrected chi connectivity index (χ2v) is 5.45. The zero-order chi connectivity index (χ0) is 14.5. The number of nitrogens with zero attached hydrogens (tertiary/aromatic N) is 2. The summed E-state index contributed by atoms with van der Waals surface area (Å²) < 4.78 is 0. The summed E-state index contributed by atoms with van der Waals surface area (Å²) in [6, 6.07) is 3.69. The summed E-state index contributed by atoms with van der Waals surface area (Å²) in [5.41, 5.74) is 7.21. The van der Waals surface area contributed by atoms with Gasteiger partial charge in [0.05, 0.1) is 12.1 Å². The molecule has 3 N–H and O–H groups in total. The van der Waals surface area contributed by atoms with Gasteiger partial charge < -0.3 is 16.0 Å². The molecule has 0 saturated carbocycles. The number of thiocarbonyl (C=S) groups is 1. The van der Waals surface area contributed by atoms with E-state index in [1.807, 2.05) is 24.0 Å². The second kappa shape index (κ2) is 6.65. The maximum Gasteiger partial charge on any atom is 0.241 e. The third-order valence-corrected chi connectivity index (χ3v) is 3.64. The van der Waals surface area contributed by atoms with Crippen LogP contribution in [-0.4, -0.2) is 40.4 Å². The summed E-state index contributed by atoms with van der Waals surface area (Å²) in [6.45, 7) is 3.82. The number of amides is 1. The van der Waals surface area contributed by atoms with Crippen LogP contribution in [0.4, 0.5) is 5.82 Å². The Kier molecular flexibility index (Phi) is 4.89. The molecule has 1 aliphatic rings. The van der Waals surface area contributed by atoms with Gasteiger partial charge in [0, 0.05) is 18.8 Å². The Morgan fingerprint density at radius 3 is 2.75 bits per heavy atom. The molecule has 1 aliphatic heterocycles. The van der Waals surface area contributed by atoms with E-state index in [-0.39, 0.29) is 17.4 Å². The topological polar surface area (TPSA) is 71.2 Å². The third kappa shape index (κ3) is 3.66. The van der Waals surface area contributed by atoms with Gasteiger partial charge in [-0.2, -0.15) is 0 Å². The molecule has 1 aromatic rings. The number of anilines is 1. The van der Waals surface area contributed by atoms with Crippen molar-refractivity contribution >= 4 is 28.9 Å². The Morgan fingerprint density at radius 2 is 2.10 bits per heavy atom. The van der Waals surface area contributed by atoms with E-state index in [1.54, 1.807) is 0 Å². The first-order chi connectivity index (χ1) is 9.58. The second-order valence-electron chi connectivity index (χ2n) is 5.01. The SMILES string of the molecule is Cc1ccc(C(N)=S)c(NCC(=O)N2CCCCC2)n1. The molecule has 0 aliphatic carbocycles. The number of nitrogens with two attached hydrogens (primary N) is 1. The largest absolute Gasteiger partial charge is 0.389 e. The van der Waals surface area contributed by atoms with Crippen LogP contribution in [0, 0.1) is 6.92 Å². The van der Waals surface area contributed by atoms with E-state index >= 15 is 0 Å². The maximum absolute atomic E-state index is 12.1. The van der Waals surface area contributed by atoms with E-state index in [9.17, 15) is 4.79 Å². The van der Waals surface area contributed by atoms with Crippen LogP contribution in [0.3, 0.4) is 0 Å². The number of hydrogen-bond donors (Lipinski definition) is 2. The lowest BCUT2D eigenvalue weighted by Crippen LogP contribution is -2.39. The minimum absolute atomic E-state index is 0.0990. The Bertz CT molecular complexity index is 512. The fourth-order valence-corrected chi connectivity index (χ4v) is 2.47. The number of pyridine rings is 1. The van der Waals surface area contributed by atoms with E-state index in [0.29, 0.717) is 11.4 Å². The van der Waals surface area contributed by atoms with Gasteiger partial charge in [0.2, 0.25) is 5.91 Å². The summed E-state index contributed by atoms with van der Waals surface area (Å²) in [5.74, 6) is 0.685. The molecule has 1 saturated heterocycles.